The first-order valence-electron chi connectivity index (χ1n) is 12.4. The molecular weight excluding hydrogens is 514 g/mol. The monoisotopic (exact) mass is 545 g/mol. The van der Waals surface area contributed by atoms with E-state index in [1.807, 2.05) is 36.3 Å². The molecule has 198 valence electrons. The highest BCUT2D eigenvalue weighted by molar-refractivity contribution is 7.91. The predicted octanol–water partition coefficient (Wildman–Crippen LogP) is 5.53. The fourth-order valence-corrected chi connectivity index (χ4v) is 6.38. The van der Waals surface area contributed by atoms with Gasteiger partial charge >= 0.3 is 6.09 Å². The number of sulfone groups is 1. The molecule has 1 aliphatic carbocycles. The van der Waals surface area contributed by atoms with E-state index in [-0.39, 0.29) is 15.9 Å². The average Bonchev–Trinajstić information content (AvgIpc) is 3.62. The number of nitrogens with zero attached hydrogens (tertiary/aromatic N) is 3. The Hall–Kier alpha value is -2.91. The third-order valence-electron chi connectivity index (χ3n) is 6.72. The molecule has 1 saturated carbocycles. The van der Waals surface area contributed by atoms with Crippen molar-refractivity contribution in [3.05, 3.63) is 47.6 Å². The quantitative estimate of drug-likeness (QED) is 0.419. The van der Waals surface area contributed by atoms with Gasteiger partial charge in [-0.2, -0.15) is 0 Å². The van der Waals surface area contributed by atoms with Crippen LogP contribution >= 0.6 is 11.6 Å². The van der Waals surface area contributed by atoms with Gasteiger partial charge in [-0.05, 0) is 63.9 Å². The molecule has 2 heterocycles. The number of methoxy groups -OCH3 is 1. The molecule has 8 nitrogen and oxygen atoms in total. The maximum Gasteiger partial charge on any atom is 0.410 e. The molecule has 2 fully saturated rings. The van der Waals surface area contributed by atoms with Gasteiger partial charge in [-0.3, -0.25) is 0 Å². The second kappa shape index (κ2) is 9.44. The molecule has 1 aromatic heterocycles. The SMILES string of the molecule is COc1ccc(S(=O)(=O)c2cn(C3CC3)c3cc(Cl)ccc23)cc1N1CCN(C(=O)OC(C)(C)C)CC1. The van der Waals surface area contributed by atoms with Crippen molar-refractivity contribution in [2.24, 2.45) is 0 Å². The van der Waals surface area contributed by atoms with Crippen molar-refractivity contribution >= 4 is 44.1 Å². The summed E-state index contributed by atoms with van der Waals surface area (Å²) in [6.45, 7) is 7.50. The van der Waals surface area contributed by atoms with E-state index in [0.29, 0.717) is 54.1 Å². The first-order valence-corrected chi connectivity index (χ1v) is 14.3. The minimum atomic E-state index is -3.82. The lowest BCUT2D eigenvalue weighted by Crippen LogP contribution is -2.50. The van der Waals surface area contributed by atoms with Crippen LogP contribution in [0.1, 0.15) is 39.7 Å². The number of benzene rings is 2. The van der Waals surface area contributed by atoms with Gasteiger partial charge in [0.15, 0.2) is 0 Å². The van der Waals surface area contributed by atoms with E-state index in [2.05, 4.69) is 0 Å². The summed E-state index contributed by atoms with van der Waals surface area (Å²) in [7, 11) is -2.26. The molecule has 0 bridgehead atoms. The summed E-state index contributed by atoms with van der Waals surface area (Å²) in [6.07, 6.45) is 3.45. The predicted molar refractivity (Wildman–Crippen MR) is 144 cm³/mol. The van der Waals surface area contributed by atoms with Crippen LogP contribution in [0.2, 0.25) is 5.02 Å². The number of carbonyl (C=O) groups is 1. The second-order valence-corrected chi connectivity index (χ2v) is 12.9. The van der Waals surface area contributed by atoms with Crippen LogP contribution in [0, 0.1) is 0 Å². The zero-order chi connectivity index (χ0) is 26.5. The third kappa shape index (κ3) is 5.11. The number of piperazine rings is 1. The molecule has 1 amide bonds. The van der Waals surface area contributed by atoms with Crippen molar-refractivity contribution in [3.8, 4) is 5.75 Å². The maximum absolute atomic E-state index is 13.9. The minimum absolute atomic E-state index is 0.197. The first-order chi connectivity index (χ1) is 17.5. The highest BCUT2D eigenvalue weighted by Crippen LogP contribution is 2.42. The van der Waals surface area contributed by atoms with Crippen molar-refractivity contribution in [2.75, 3.05) is 38.2 Å². The van der Waals surface area contributed by atoms with Crippen LogP contribution in [-0.4, -0.2) is 62.9 Å². The molecule has 1 aliphatic heterocycles. The topological polar surface area (TPSA) is 81.1 Å². The Labute approximate surface area is 222 Å². The van der Waals surface area contributed by atoms with Crippen molar-refractivity contribution in [1.29, 1.82) is 0 Å². The third-order valence-corrected chi connectivity index (χ3v) is 8.74. The molecule has 0 spiro atoms. The standard InChI is InChI=1S/C27H32ClN3O5S/c1-27(2,3)36-26(32)30-13-11-29(12-14-30)23-16-20(8-10-24(23)35-4)37(33,34)25-17-31(19-6-7-19)22-15-18(28)5-9-21(22)25/h5,8-10,15-17,19H,6-7,11-14H2,1-4H3. The highest BCUT2D eigenvalue weighted by atomic mass is 35.5. The van der Waals surface area contributed by atoms with E-state index in [4.69, 9.17) is 21.1 Å². The molecule has 5 rings (SSSR count). The summed E-state index contributed by atoms with van der Waals surface area (Å²) < 4.78 is 41.0. The highest BCUT2D eigenvalue weighted by Gasteiger charge is 2.32. The van der Waals surface area contributed by atoms with Gasteiger partial charge in [0.05, 0.1) is 28.1 Å². The normalized spacial score (nSPS) is 16.8. The van der Waals surface area contributed by atoms with Crippen LogP contribution in [-0.2, 0) is 14.6 Å². The molecule has 0 atom stereocenters. The second-order valence-electron chi connectivity index (χ2n) is 10.6. The summed E-state index contributed by atoms with van der Waals surface area (Å²) in [6, 6.07) is 10.6. The van der Waals surface area contributed by atoms with Crippen LogP contribution in [0.25, 0.3) is 10.9 Å². The zero-order valence-electron chi connectivity index (χ0n) is 21.5. The molecule has 10 heteroatoms. The number of anilines is 1. The Kier molecular flexibility index (Phi) is 6.56. The van der Waals surface area contributed by atoms with Crippen LogP contribution in [0.5, 0.6) is 5.75 Å². The van der Waals surface area contributed by atoms with Crippen LogP contribution in [0.3, 0.4) is 0 Å². The van der Waals surface area contributed by atoms with E-state index in [9.17, 15) is 13.2 Å². The number of fused-ring (bicyclic) bond motifs is 1. The summed E-state index contributed by atoms with van der Waals surface area (Å²) in [5.41, 5.74) is 0.954. The largest absolute Gasteiger partial charge is 0.495 e. The molecular formula is C27H32ClN3O5S. The van der Waals surface area contributed by atoms with Crippen LogP contribution < -0.4 is 9.64 Å². The number of hydrogen-bond donors (Lipinski definition) is 0. The fraction of sp³-hybridized carbons (Fsp3) is 0.444. The lowest BCUT2D eigenvalue weighted by Gasteiger charge is -2.37. The number of amides is 1. The first kappa shape index (κ1) is 25.7. The Morgan fingerprint density at radius 2 is 1.73 bits per heavy atom. The van der Waals surface area contributed by atoms with Crippen LogP contribution in [0.4, 0.5) is 10.5 Å². The van der Waals surface area contributed by atoms with E-state index >= 15 is 0 Å². The molecule has 1 saturated heterocycles. The fourth-order valence-electron chi connectivity index (χ4n) is 4.73. The number of carbonyl (C=O) groups excluding carboxylic acids is 1. The number of halogens is 1. The molecule has 0 unspecified atom stereocenters. The Bertz CT molecular complexity index is 1450. The van der Waals surface area contributed by atoms with Crippen molar-refractivity contribution in [2.45, 2.75) is 55.0 Å². The smallest absolute Gasteiger partial charge is 0.410 e. The van der Waals surface area contributed by atoms with Gasteiger partial charge in [0.2, 0.25) is 9.84 Å². The number of rotatable bonds is 5. The van der Waals surface area contributed by atoms with E-state index < -0.39 is 15.4 Å². The van der Waals surface area contributed by atoms with Gasteiger partial charge < -0.3 is 23.8 Å². The average molecular weight is 546 g/mol. The Morgan fingerprint density at radius 3 is 2.35 bits per heavy atom. The lowest BCUT2D eigenvalue weighted by molar-refractivity contribution is 0.0240. The van der Waals surface area contributed by atoms with Crippen LogP contribution in [0.15, 0.2) is 52.4 Å². The van der Waals surface area contributed by atoms with Gasteiger partial charge in [-0.15, -0.1) is 0 Å². The number of aromatic nitrogens is 1. The molecule has 3 aromatic rings. The summed E-state index contributed by atoms with van der Waals surface area (Å²) in [4.78, 5) is 16.7. The summed E-state index contributed by atoms with van der Waals surface area (Å²) >= 11 is 6.24. The minimum Gasteiger partial charge on any atom is -0.495 e. The van der Waals surface area contributed by atoms with E-state index in [0.717, 1.165) is 18.4 Å². The van der Waals surface area contributed by atoms with Gasteiger partial charge in [-0.25, -0.2) is 13.2 Å². The van der Waals surface area contributed by atoms with Gasteiger partial charge in [0, 0.05) is 48.8 Å². The number of hydrogen-bond acceptors (Lipinski definition) is 6. The van der Waals surface area contributed by atoms with E-state index in [1.54, 1.807) is 48.5 Å². The molecule has 0 radical (unpaired) electrons. The summed E-state index contributed by atoms with van der Waals surface area (Å²) in [5, 5.41) is 1.24. The van der Waals surface area contributed by atoms with Gasteiger partial charge in [0.25, 0.3) is 0 Å². The van der Waals surface area contributed by atoms with Gasteiger partial charge in [0.1, 0.15) is 11.4 Å². The number of ether oxygens (including phenoxy) is 2. The zero-order valence-corrected chi connectivity index (χ0v) is 23.1. The summed E-state index contributed by atoms with van der Waals surface area (Å²) in [5.74, 6) is 0.580. The van der Waals surface area contributed by atoms with Crippen molar-refractivity contribution < 1.29 is 22.7 Å². The van der Waals surface area contributed by atoms with E-state index in [1.165, 1.54) is 0 Å². The molecule has 0 N–H and O–H groups in total. The maximum atomic E-state index is 13.9. The van der Waals surface area contributed by atoms with Crippen molar-refractivity contribution in [3.63, 3.8) is 0 Å². The Balaban J connectivity index is 1.45. The Morgan fingerprint density at radius 1 is 1.03 bits per heavy atom. The van der Waals surface area contributed by atoms with Crippen molar-refractivity contribution in [1.82, 2.24) is 9.47 Å². The lowest BCUT2D eigenvalue weighted by atomic mass is 10.2. The van der Waals surface area contributed by atoms with Gasteiger partial charge in [-0.1, -0.05) is 17.7 Å². The molecule has 2 aliphatic rings. The molecule has 37 heavy (non-hydrogen) atoms. The molecule has 2 aromatic carbocycles.